The molecular formula is C13H15N3O5S. The minimum absolute atomic E-state index is 0.0404. The molecule has 2 atom stereocenters. The Balaban J connectivity index is 1.94. The predicted molar refractivity (Wildman–Crippen MR) is 80.4 cm³/mol. The Kier molecular flexibility index (Phi) is 4.86. The molecule has 0 saturated carbocycles. The summed E-state index contributed by atoms with van der Waals surface area (Å²) in [7, 11) is 0. The smallest absolute Gasteiger partial charge is 0.410 e. The zero-order valence-electron chi connectivity index (χ0n) is 11.5. The first-order valence-electron chi connectivity index (χ1n) is 6.52. The molecule has 0 bridgehead atoms. The molecule has 1 saturated heterocycles. The lowest BCUT2D eigenvalue weighted by molar-refractivity contribution is -0.384. The first kappa shape index (κ1) is 16.1. The molecule has 2 amide bonds. The first-order valence-corrected chi connectivity index (χ1v) is 7.04. The van der Waals surface area contributed by atoms with E-state index < -0.39 is 23.0 Å². The number of primary amides is 1. The number of nitro benzene ring substituents is 1. The summed E-state index contributed by atoms with van der Waals surface area (Å²) in [5.41, 5.74) is 5.82. The zero-order chi connectivity index (χ0) is 16.3. The lowest BCUT2D eigenvalue weighted by Gasteiger charge is -2.21. The Morgan fingerprint density at radius 3 is 2.59 bits per heavy atom. The van der Waals surface area contributed by atoms with Crippen LogP contribution in [0.3, 0.4) is 0 Å². The fraction of sp³-hybridized carbons (Fsp3) is 0.385. The normalized spacial score (nSPS) is 20.7. The lowest BCUT2D eigenvalue weighted by Crippen LogP contribution is -2.43. The molecule has 8 nitrogen and oxygen atoms in total. The summed E-state index contributed by atoms with van der Waals surface area (Å²) in [4.78, 5) is 34.6. The summed E-state index contributed by atoms with van der Waals surface area (Å²) in [6.45, 7) is 0.242. The van der Waals surface area contributed by atoms with Gasteiger partial charge >= 0.3 is 6.09 Å². The number of nitrogens with zero attached hydrogens (tertiary/aromatic N) is 2. The molecule has 1 heterocycles. The number of hydrogen-bond donors (Lipinski definition) is 2. The minimum Gasteiger partial charge on any atom is -0.445 e. The highest BCUT2D eigenvalue weighted by molar-refractivity contribution is 7.81. The number of likely N-dealkylation sites (tertiary alicyclic amines) is 1. The molecule has 2 rings (SSSR count). The molecule has 0 aliphatic carbocycles. The topological polar surface area (TPSA) is 116 Å². The Bertz CT molecular complexity index is 592. The third-order valence-electron chi connectivity index (χ3n) is 3.35. The number of nitrogens with two attached hydrogens (primary N) is 1. The van der Waals surface area contributed by atoms with Crippen LogP contribution in [0.25, 0.3) is 0 Å². The number of amides is 2. The molecular weight excluding hydrogens is 310 g/mol. The van der Waals surface area contributed by atoms with Crippen molar-refractivity contribution in [2.45, 2.75) is 24.3 Å². The van der Waals surface area contributed by atoms with Crippen molar-refractivity contribution in [2.24, 2.45) is 5.73 Å². The number of thiol groups is 1. The Morgan fingerprint density at radius 1 is 1.41 bits per heavy atom. The SMILES string of the molecule is NC(=O)[C@H]1C[C@@H](S)CN1C(=O)OCc1ccc([N+](=O)[O-])cc1. The fourth-order valence-electron chi connectivity index (χ4n) is 2.23. The van der Waals surface area contributed by atoms with Crippen LogP contribution in [0.2, 0.25) is 0 Å². The fourth-order valence-corrected chi connectivity index (χ4v) is 2.60. The average Bonchev–Trinajstić information content (AvgIpc) is 2.87. The van der Waals surface area contributed by atoms with Crippen LogP contribution in [-0.2, 0) is 16.1 Å². The number of carbonyl (C=O) groups excluding carboxylic acids is 2. The summed E-state index contributed by atoms with van der Waals surface area (Å²) in [5, 5.41) is 10.4. The quantitative estimate of drug-likeness (QED) is 0.488. The van der Waals surface area contributed by atoms with Gasteiger partial charge in [0.25, 0.3) is 5.69 Å². The van der Waals surface area contributed by atoms with E-state index in [1.807, 2.05) is 0 Å². The zero-order valence-corrected chi connectivity index (χ0v) is 12.4. The highest BCUT2D eigenvalue weighted by Gasteiger charge is 2.38. The van der Waals surface area contributed by atoms with E-state index in [2.05, 4.69) is 12.6 Å². The van der Waals surface area contributed by atoms with Crippen molar-refractivity contribution in [3.05, 3.63) is 39.9 Å². The highest BCUT2D eigenvalue weighted by atomic mass is 32.1. The van der Waals surface area contributed by atoms with Gasteiger partial charge in [-0.25, -0.2) is 4.79 Å². The third kappa shape index (κ3) is 3.67. The van der Waals surface area contributed by atoms with Crippen molar-refractivity contribution in [2.75, 3.05) is 6.54 Å². The molecule has 118 valence electrons. The van der Waals surface area contributed by atoms with Crippen molar-refractivity contribution in [3.8, 4) is 0 Å². The second-order valence-electron chi connectivity index (χ2n) is 4.94. The maximum atomic E-state index is 12.0. The first-order chi connectivity index (χ1) is 10.4. The maximum absolute atomic E-state index is 12.0. The second kappa shape index (κ2) is 6.65. The summed E-state index contributed by atoms with van der Waals surface area (Å²) in [6.07, 6.45) is -0.260. The van der Waals surface area contributed by atoms with Crippen molar-refractivity contribution in [3.63, 3.8) is 0 Å². The predicted octanol–water partition coefficient (Wildman–Crippen LogP) is 1.09. The van der Waals surface area contributed by atoms with Crippen molar-refractivity contribution < 1.29 is 19.2 Å². The van der Waals surface area contributed by atoms with Gasteiger partial charge < -0.3 is 10.5 Å². The van der Waals surface area contributed by atoms with Gasteiger partial charge in [0.05, 0.1) is 4.92 Å². The van der Waals surface area contributed by atoms with Gasteiger partial charge in [-0.2, -0.15) is 12.6 Å². The standard InChI is InChI=1S/C13H15N3O5S/c14-12(17)11-5-10(22)6-15(11)13(18)21-7-8-1-3-9(4-2-8)16(19)20/h1-4,10-11,22H,5-7H2,(H2,14,17)/t10-,11-/m1/s1. The minimum atomic E-state index is -0.716. The summed E-state index contributed by atoms with van der Waals surface area (Å²) in [5.74, 6) is -0.594. The lowest BCUT2D eigenvalue weighted by atomic mass is 10.2. The third-order valence-corrected chi connectivity index (χ3v) is 3.73. The molecule has 9 heteroatoms. The van der Waals surface area contributed by atoms with Gasteiger partial charge in [0.2, 0.25) is 5.91 Å². The number of benzene rings is 1. The van der Waals surface area contributed by atoms with Gasteiger partial charge in [0.1, 0.15) is 12.6 Å². The van der Waals surface area contributed by atoms with Gasteiger partial charge in [-0.3, -0.25) is 19.8 Å². The van der Waals surface area contributed by atoms with Crippen LogP contribution < -0.4 is 5.73 Å². The molecule has 1 aromatic rings. The van der Waals surface area contributed by atoms with Crippen molar-refractivity contribution >= 4 is 30.3 Å². The van der Waals surface area contributed by atoms with Crippen LogP contribution in [0.5, 0.6) is 0 Å². The Labute approximate surface area is 131 Å². The molecule has 1 aromatic carbocycles. The van der Waals surface area contributed by atoms with E-state index in [4.69, 9.17) is 10.5 Å². The molecule has 1 aliphatic heterocycles. The number of rotatable bonds is 4. The molecule has 1 fully saturated rings. The number of ether oxygens (including phenoxy) is 1. The van der Waals surface area contributed by atoms with Crippen LogP contribution in [-0.4, -0.2) is 39.7 Å². The average molecular weight is 325 g/mol. The Morgan fingerprint density at radius 2 is 2.05 bits per heavy atom. The summed E-state index contributed by atoms with van der Waals surface area (Å²) < 4.78 is 5.12. The van der Waals surface area contributed by atoms with Crippen LogP contribution in [0.1, 0.15) is 12.0 Å². The van der Waals surface area contributed by atoms with E-state index >= 15 is 0 Å². The van der Waals surface area contributed by atoms with Crippen LogP contribution in [0.15, 0.2) is 24.3 Å². The van der Waals surface area contributed by atoms with E-state index in [0.717, 1.165) is 0 Å². The Hall–Kier alpha value is -2.29. The number of nitro groups is 1. The molecule has 0 radical (unpaired) electrons. The molecule has 0 spiro atoms. The number of hydrogen-bond acceptors (Lipinski definition) is 6. The second-order valence-corrected chi connectivity index (χ2v) is 5.67. The van der Waals surface area contributed by atoms with E-state index in [0.29, 0.717) is 12.0 Å². The van der Waals surface area contributed by atoms with E-state index in [-0.39, 0.29) is 24.1 Å². The van der Waals surface area contributed by atoms with Crippen LogP contribution >= 0.6 is 12.6 Å². The largest absolute Gasteiger partial charge is 0.445 e. The van der Waals surface area contributed by atoms with E-state index in [1.165, 1.54) is 29.2 Å². The van der Waals surface area contributed by atoms with Gasteiger partial charge in [-0.15, -0.1) is 0 Å². The van der Waals surface area contributed by atoms with Crippen LogP contribution in [0, 0.1) is 10.1 Å². The van der Waals surface area contributed by atoms with Gasteiger partial charge in [0.15, 0.2) is 0 Å². The molecule has 22 heavy (non-hydrogen) atoms. The maximum Gasteiger partial charge on any atom is 0.410 e. The van der Waals surface area contributed by atoms with E-state index in [1.54, 1.807) is 0 Å². The number of carbonyl (C=O) groups is 2. The summed E-state index contributed by atoms with van der Waals surface area (Å²) >= 11 is 4.25. The number of non-ortho nitro benzene ring substituents is 1. The van der Waals surface area contributed by atoms with Crippen LogP contribution in [0.4, 0.5) is 10.5 Å². The van der Waals surface area contributed by atoms with Crippen molar-refractivity contribution in [1.82, 2.24) is 4.90 Å². The molecule has 2 N–H and O–H groups in total. The van der Waals surface area contributed by atoms with Gasteiger partial charge in [-0.1, -0.05) is 0 Å². The summed E-state index contributed by atoms with van der Waals surface area (Å²) in [6, 6.07) is 4.95. The monoisotopic (exact) mass is 325 g/mol. The van der Waals surface area contributed by atoms with E-state index in [9.17, 15) is 19.7 Å². The molecule has 0 aromatic heterocycles. The molecule has 0 unspecified atom stereocenters. The van der Waals surface area contributed by atoms with Gasteiger partial charge in [-0.05, 0) is 24.1 Å². The van der Waals surface area contributed by atoms with Crippen molar-refractivity contribution in [1.29, 1.82) is 0 Å². The van der Waals surface area contributed by atoms with Gasteiger partial charge in [0, 0.05) is 23.9 Å². The molecule has 1 aliphatic rings. The highest BCUT2D eigenvalue weighted by Crippen LogP contribution is 2.23.